The quantitative estimate of drug-likeness (QED) is 0.684. The lowest BCUT2D eigenvalue weighted by molar-refractivity contribution is 0.676. The maximum absolute atomic E-state index is 5.92. The molecular formula is C15H15ClN4S. The lowest BCUT2D eigenvalue weighted by Crippen LogP contribution is -2.17. The van der Waals surface area contributed by atoms with Crippen LogP contribution in [0.5, 0.6) is 0 Å². The Morgan fingerprint density at radius 2 is 1.95 bits per heavy atom. The molecule has 0 bridgehead atoms. The second-order valence-corrected chi connectivity index (χ2v) is 6.42. The maximum atomic E-state index is 5.92. The molecule has 2 aromatic heterocycles. The molecule has 6 heteroatoms. The van der Waals surface area contributed by atoms with Gasteiger partial charge in [-0.05, 0) is 18.6 Å². The normalized spacial score (nSPS) is 10.9. The second kappa shape index (κ2) is 6.85. The number of aromatic amines is 1. The Balaban J connectivity index is 1.55. The molecule has 0 atom stereocenters. The van der Waals surface area contributed by atoms with E-state index < -0.39 is 0 Å². The number of rotatable bonds is 6. The molecule has 0 unspecified atom stereocenters. The highest BCUT2D eigenvalue weighted by molar-refractivity contribution is 7.16. The summed E-state index contributed by atoms with van der Waals surface area (Å²) in [6, 6.07) is 14.1. The molecule has 21 heavy (non-hydrogen) atoms. The third-order valence-electron chi connectivity index (χ3n) is 3.14. The summed E-state index contributed by atoms with van der Waals surface area (Å²) in [4.78, 5) is 1.29. The van der Waals surface area contributed by atoms with Crippen LogP contribution in [0, 0.1) is 0 Å². The van der Waals surface area contributed by atoms with E-state index in [1.807, 2.05) is 36.4 Å². The van der Waals surface area contributed by atoms with Crippen LogP contribution in [0.15, 0.2) is 42.5 Å². The third-order valence-corrected chi connectivity index (χ3v) is 4.43. The summed E-state index contributed by atoms with van der Waals surface area (Å²) in [6.45, 7) is 1.58. The van der Waals surface area contributed by atoms with E-state index in [0.717, 1.165) is 34.3 Å². The van der Waals surface area contributed by atoms with Gasteiger partial charge in [-0.25, -0.2) is 0 Å². The van der Waals surface area contributed by atoms with E-state index in [9.17, 15) is 0 Å². The van der Waals surface area contributed by atoms with Crippen molar-refractivity contribution in [3.05, 3.63) is 57.4 Å². The van der Waals surface area contributed by atoms with E-state index in [2.05, 4.69) is 26.8 Å². The van der Waals surface area contributed by atoms with E-state index in [-0.39, 0.29) is 0 Å². The first-order valence-electron chi connectivity index (χ1n) is 6.73. The fraction of sp³-hybridized carbons (Fsp3) is 0.200. The molecule has 108 valence electrons. The van der Waals surface area contributed by atoms with Gasteiger partial charge in [0.2, 0.25) is 0 Å². The Kier molecular flexibility index (Phi) is 4.65. The number of aromatic nitrogens is 3. The van der Waals surface area contributed by atoms with E-state index in [1.54, 1.807) is 11.3 Å². The first-order chi connectivity index (χ1) is 10.3. The molecule has 0 spiro atoms. The lowest BCUT2D eigenvalue weighted by Gasteiger charge is -2.03. The van der Waals surface area contributed by atoms with Gasteiger partial charge >= 0.3 is 0 Å². The Bertz CT molecular complexity index is 693. The zero-order valence-corrected chi connectivity index (χ0v) is 12.9. The minimum Gasteiger partial charge on any atom is -0.311 e. The van der Waals surface area contributed by atoms with Crippen LogP contribution >= 0.6 is 22.9 Å². The van der Waals surface area contributed by atoms with Crippen molar-refractivity contribution >= 4 is 22.9 Å². The molecule has 2 heterocycles. The minimum atomic E-state index is 0.694. The average molecular weight is 319 g/mol. The van der Waals surface area contributed by atoms with Crippen molar-refractivity contribution in [2.24, 2.45) is 0 Å². The second-order valence-electron chi connectivity index (χ2n) is 4.62. The number of hydrogen-bond donors (Lipinski definition) is 2. The van der Waals surface area contributed by atoms with E-state index >= 15 is 0 Å². The largest absolute Gasteiger partial charge is 0.311 e. The van der Waals surface area contributed by atoms with Gasteiger partial charge in [-0.2, -0.15) is 15.4 Å². The first kappa shape index (κ1) is 14.3. The molecule has 0 saturated carbocycles. The average Bonchev–Trinajstić information content (AvgIpc) is 3.13. The summed E-state index contributed by atoms with van der Waals surface area (Å²) in [5, 5.41) is 14.6. The van der Waals surface area contributed by atoms with Crippen molar-refractivity contribution in [1.29, 1.82) is 0 Å². The molecule has 0 aliphatic rings. The summed E-state index contributed by atoms with van der Waals surface area (Å²) >= 11 is 7.55. The number of thiophene rings is 1. The monoisotopic (exact) mass is 318 g/mol. The van der Waals surface area contributed by atoms with Crippen LogP contribution in [-0.2, 0) is 13.0 Å². The number of halogens is 1. The van der Waals surface area contributed by atoms with Gasteiger partial charge in [-0.3, -0.25) is 0 Å². The van der Waals surface area contributed by atoms with Crippen LogP contribution in [0.3, 0.4) is 0 Å². The SMILES string of the molecule is Clc1ccc(CCNCc2n[nH]nc2-c2ccccc2)s1. The topological polar surface area (TPSA) is 53.6 Å². The Labute approximate surface area is 132 Å². The highest BCUT2D eigenvalue weighted by Crippen LogP contribution is 2.21. The van der Waals surface area contributed by atoms with Gasteiger partial charge < -0.3 is 5.32 Å². The molecule has 1 aromatic carbocycles. The molecule has 0 saturated heterocycles. The fourth-order valence-corrected chi connectivity index (χ4v) is 3.19. The van der Waals surface area contributed by atoms with Crippen molar-refractivity contribution in [3.63, 3.8) is 0 Å². The summed E-state index contributed by atoms with van der Waals surface area (Å²) < 4.78 is 0.841. The van der Waals surface area contributed by atoms with Gasteiger partial charge in [0.25, 0.3) is 0 Å². The number of nitrogens with one attached hydrogen (secondary N) is 2. The highest BCUT2D eigenvalue weighted by Gasteiger charge is 2.09. The molecule has 3 aromatic rings. The van der Waals surface area contributed by atoms with Gasteiger partial charge in [0, 0.05) is 23.5 Å². The van der Waals surface area contributed by atoms with Crippen molar-refractivity contribution < 1.29 is 0 Å². The summed E-state index contributed by atoms with van der Waals surface area (Å²) in [5.41, 5.74) is 2.92. The van der Waals surface area contributed by atoms with Crippen molar-refractivity contribution in [1.82, 2.24) is 20.7 Å². The van der Waals surface area contributed by atoms with Crippen LogP contribution in [0.2, 0.25) is 4.34 Å². The predicted octanol–water partition coefficient (Wildman–Crippen LogP) is 3.52. The minimum absolute atomic E-state index is 0.694. The first-order valence-corrected chi connectivity index (χ1v) is 7.92. The number of H-pyrrole nitrogens is 1. The molecule has 4 nitrogen and oxygen atoms in total. The zero-order valence-electron chi connectivity index (χ0n) is 11.3. The smallest absolute Gasteiger partial charge is 0.117 e. The Morgan fingerprint density at radius 3 is 2.71 bits per heavy atom. The van der Waals surface area contributed by atoms with Gasteiger partial charge in [-0.15, -0.1) is 11.3 Å². The zero-order chi connectivity index (χ0) is 14.5. The molecule has 2 N–H and O–H groups in total. The number of hydrogen-bond acceptors (Lipinski definition) is 4. The Hall–Kier alpha value is -1.69. The van der Waals surface area contributed by atoms with Crippen LogP contribution in [-0.4, -0.2) is 22.0 Å². The summed E-state index contributed by atoms with van der Waals surface area (Å²) in [6.07, 6.45) is 0.968. The molecule has 0 fully saturated rings. The van der Waals surface area contributed by atoms with Crippen molar-refractivity contribution in [2.45, 2.75) is 13.0 Å². The third kappa shape index (κ3) is 3.69. The lowest BCUT2D eigenvalue weighted by atomic mass is 10.1. The number of benzene rings is 1. The summed E-state index contributed by atoms with van der Waals surface area (Å²) in [5.74, 6) is 0. The van der Waals surface area contributed by atoms with Gasteiger partial charge in [-0.1, -0.05) is 41.9 Å². The van der Waals surface area contributed by atoms with Crippen LogP contribution in [0.4, 0.5) is 0 Å². The maximum Gasteiger partial charge on any atom is 0.117 e. The molecular weight excluding hydrogens is 304 g/mol. The van der Waals surface area contributed by atoms with E-state index in [0.29, 0.717) is 6.54 Å². The van der Waals surface area contributed by atoms with Crippen LogP contribution in [0.1, 0.15) is 10.6 Å². The van der Waals surface area contributed by atoms with Gasteiger partial charge in [0.05, 0.1) is 4.34 Å². The van der Waals surface area contributed by atoms with Gasteiger partial charge in [0.15, 0.2) is 0 Å². The molecule has 0 aliphatic carbocycles. The Morgan fingerprint density at radius 1 is 1.10 bits per heavy atom. The molecule has 3 rings (SSSR count). The standard InChI is InChI=1S/C15H15ClN4S/c16-14-7-6-12(21-14)8-9-17-10-13-15(19-20-18-13)11-4-2-1-3-5-11/h1-7,17H,8-10H2,(H,18,19,20). The van der Waals surface area contributed by atoms with Gasteiger partial charge in [0.1, 0.15) is 11.4 Å². The van der Waals surface area contributed by atoms with Crippen molar-refractivity contribution in [2.75, 3.05) is 6.54 Å². The fourth-order valence-electron chi connectivity index (χ4n) is 2.11. The van der Waals surface area contributed by atoms with Crippen LogP contribution in [0.25, 0.3) is 11.3 Å². The number of nitrogens with zero attached hydrogens (tertiary/aromatic N) is 2. The molecule has 0 amide bonds. The molecule has 0 aliphatic heterocycles. The van der Waals surface area contributed by atoms with Crippen LogP contribution < -0.4 is 5.32 Å². The van der Waals surface area contributed by atoms with E-state index in [4.69, 9.17) is 11.6 Å². The molecule has 0 radical (unpaired) electrons. The summed E-state index contributed by atoms with van der Waals surface area (Å²) in [7, 11) is 0. The highest BCUT2D eigenvalue weighted by atomic mass is 35.5. The van der Waals surface area contributed by atoms with E-state index in [1.165, 1.54) is 4.88 Å². The van der Waals surface area contributed by atoms with Crippen molar-refractivity contribution in [3.8, 4) is 11.3 Å². The predicted molar refractivity (Wildman–Crippen MR) is 86.6 cm³/mol.